The van der Waals surface area contributed by atoms with Gasteiger partial charge in [-0.1, -0.05) is 60.2 Å². The molecular weight excluding hydrogens is 412 g/mol. The fourth-order valence-corrected chi connectivity index (χ4v) is 3.10. The normalized spacial score (nSPS) is 11.1. The maximum atomic E-state index is 12.6. The first-order chi connectivity index (χ1) is 15.0. The first kappa shape index (κ1) is 22.2. The lowest BCUT2D eigenvalue weighted by molar-refractivity contribution is 0.104. The van der Waals surface area contributed by atoms with Gasteiger partial charge in [-0.25, -0.2) is 0 Å². The third kappa shape index (κ3) is 5.77. The number of carbonyl (C=O) groups is 1. The Morgan fingerprint density at radius 2 is 1.23 bits per heavy atom. The van der Waals surface area contributed by atoms with Gasteiger partial charge in [0.2, 0.25) is 0 Å². The summed E-state index contributed by atoms with van der Waals surface area (Å²) in [5, 5.41) is 0.707. The zero-order valence-corrected chi connectivity index (χ0v) is 18.3. The predicted molar refractivity (Wildman–Crippen MR) is 126 cm³/mol. The van der Waals surface area contributed by atoms with Gasteiger partial charge in [0.05, 0.1) is 21.3 Å². The molecule has 158 valence electrons. The molecule has 0 unspecified atom stereocenters. The summed E-state index contributed by atoms with van der Waals surface area (Å²) in [6.07, 6.45) is 7.21. The van der Waals surface area contributed by atoms with E-state index in [9.17, 15) is 4.79 Å². The molecule has 0 aliphatic heterocycles. The van der Waals surface area contributed by atoms with Crippen LogP contribution in [0.15, 0.2) is 66.7 Å². The van der Waals surface area contributed by atoms with Crippen LogP contribution in [0.1, 0.15) is 27.0 Å². The van der Waals surface area contributed by atoms with Crippen LogP contribution in [0.5, 0.6) is 17.2 Å². The predicted octanol–water partition coefficient (Wildman–Crippen LogP) is 6.43. The molecule has 0 spiro atoms. The number of carbonyl (C=O) groups excluding carboxylic acids is 1. The van der Waals surface area contributed by atoms with Crippen LogP contribution in [0.25, 0.3) is 18.2 Å². The summed E-state index contributed by atoms with van der Waals surface area (Å²) in [4.78, 5) is 12.6. The van der Waals surface area contributed by atoms with E-state index in [4.69, 9.17) is 25.8 Å². The molecule has 0 aliphatic rings. The van der Waals surface area contributed by atoms with Crippen LogP contribution in [0, 0.1) is 0 Å². The van der Waals surface area contributed by atoms with Crippen molar-refractivity contribution in [1.29, 1.82) is 0 Å². The van der Waals surface area contributed by atoms with Crippen LogP contribution in [0.4, 0.5) is 0 Å². The Morgan fingerprint density at radius 1 is 0.710 bits per heavy atom. The molecule has 31 heavy (non-hydrogen) atoms. The molecule has 0 atom stereocenters. The fraction of sp³-hybridized carbons (Fsp3) is 0.115. The van der Waals surface area contributed by atoms with Gasteiger partial charge in [0.15, 0.2) is 17.3 Å². The molecule has 0 saturated carbocycles. The molecule has 0 aliphatic carbocycles. The molecule has 0 N–H and O–H groups in total. The lowest BCUT2D eigenvalue weighted by atomic mass is 10.1. The van der Waals surface area contributed by atoms with Crippen LogP contribution in [0.2, 0.25) is 5.02 Å². The van der Waals surface area contributed by atoms with E-state index in [1.165, 1.54) is 6.08 Å². The van der Waals surface area contributed by atoms with E-state index in [0.717, 1.165) is 16.7 Å². The number of allylic oxidation sites excluding steroid dienone is 1. The van der Waals surface area contributed by atoms with E-state index in [1.807, 2.05) is 48.6 Å². The van der Waals surface area contributed by atoms with Gasteiger partial charge in [0.1, 0.15) is 5.75 Å². The minimum absolute atomic E-state index is 0.106. The monoisotopic (exact) mass is 434 g/mol. The van der Waals surface area contributed by atoms with Gasteiger partial charge >= 0.3 is 0 Å². The standard InChI is InChI=1S/C26H23ClO4/c1-29-24-17-26(31-3)25(30-2)16-21(24)12-15-23(28)20-10-6-18(7-11-20)4-5-19-8-13-22(27)14-9-19/h4-17H,1-3H3/b5-4+,15-12+. The minimum Gasteiger partial charge on any atom is -0.496 e. The van der Waals surface area contributed by atoms with E-state index >= 15 is 0 Å². The van der Waals surface area contributed by atoms with Gasteiger partial charge in [-0.3, -0.25) is 4.79 Å². The highest BCUT2D eigenvalue weighted by molar-refractivity contribution is 6.30. The lowest BCUT2D eigenvalue weighted by Crippen LogP contribution is -1.96. The average Bonchev–Trinajstić information content (AvgIpc) is 2.81. The zero-order chi connectivity index (χ0) is 22.2. The molecule has 4 nitrogen and oxygen atoms in total. The number of halogens is 1. The molecule has 0 bridgehead atoms. The summed E-state index contributed by atoms with van der Waals surface area (Å²) in [5.74, 6) is 1.60. The van der Waals surface area contributed by atoms with Gasteiger partial charge in [-0.15, -0.1) is 0 Å². The highest BCUT2D eigenvalue weighted by Gasteiger charge is 2.10. The van der Waals surface area contributed by atoms with Crippen molar-refractivity contribution in [2.75, 3.05) is 21.3 Å². The third-order valence-corrected chi connectivity index (χ3v) is 4.94. The van der Waals surface area contributed by atoms with Crippen molar-refractivity contribution in [3.05, 3.63) is 94.0 Å². The molecule has 3 aromatic rings. The number of benzene rings is 3. The number of hydrogen-bond acceptors (Lipinski definition) is 4. The summed E-state index contributed by atoms with van der Waals surface area (Å²) >= 11 is 5.91. The van der Waals surface area contributed by atoms with Gasteiger partial charge in [0, 0.05) is 22.2 Å². The maximum absolute atomic E-state index is 12.6. The quantitative estimate of drug-likeness (QED) is 0.233. The smallest absolute Gasteiger partial charge is 0.185 e. The summed E-state index contributed by atoms with van der Waals surface area (Å²) < 4.78 is 16.0. The summed E-state index contributed by atoms with van der Waals surface area (Å²) in [6.45, 7) is 0. The molecule has 0 fully saturated rings. The molecule has 0 aromatic heterocycles. The summed E-state index contributed by atoms with van der Waals surface area (Å²) in [5.41, 5.74) is 3.36. The average molecular weight is 435 g/mol. The summed E-state index contributed by atoms with van der Waals surface area (Å²) in [7, 11) is 4.69. The van der Waals surface area contributed by atoms with Crippen LogP contribution in [-0.2, 0) is 0 Å². The Kier molecular flexibility index (Phi) is 7.52. The second-order valence-electron chi connectivity index (χ2n) is 6.65. The van der Waals surface area contributed by atoms with Crippen molar-refractivity contribution in [3.63, 3.8) is 0 Å². The van der Waals surface area contributed by atoms with Crippen molar-refractivity contribution in [1.82, 2.24) is 0 Å². The number of ketones is 1. The molecular formula is C26H23ClO4. The highest BCUT2D eigenvalue weighted by atomic mass is 35.5. The second-order valence-corrected chi connectivity index (χ2v) is 7.09. The number of ether oxygens (including phenoxy) is 3. The van der Waals surface area contributed by atoms with E-state index in [1.54, 1.807) is 51.7 Å². The van der Waals surface area contributed by atoms with Crippen molar-refractivity contribution >= 4 is 35.6 Å². The van der Waals surface area contributed by atoms with Crippen molar-refractivity contribution in [3.8, 4) is 17.2 Å². The van der Waals surface area contributed by atoms with E-state index in [2.05, 4.69) is 0 Å². The maximum Gasteiger partial charge on any atom is 0.185 e. The zero-order valence-electron chi connectivity index (χ0n) is 17.6. The van der Waals surface area contributed by atoms with Crippen molar-refractivity contribution in [2.24, 2.45) is 0 Å². The van der Waals surface area contributed by atoms with E-state index in [-0.39, 0.29) is 5.78 Å². The molecule has 0 saturated heterocycles. The third-order valence-electron chi connectivity index (χ3n) is 4.68. The first-order valence-electron chi connectivity index (χ1n) is 9.60. The van der Waals surface area contributed by atoms with Crippen LogP contribution >= 0.6 is 11.6 Å². The largest absolute Gasteiger partial charge is 0.496 e. The van der Waals surface area contributed by atoms with Crippen molar-refractivity contribution in [2.45, 2.75) is 0 Å². The molecule has 3 rings (SSSR count). The molecule has 0 radical (unpaired) electrons. The molecule has 5 heteroatoms. The molecule has 0 heterocycles. The Hall–Kier alpha value is -3.50. The Morgan fingerprint density at radius 3 is 1.77 bits per heavy atom. The number of methoxy groups -OCH3 is 3. The van der Waals surface area contributed by atoms with Crippen molar-refractivity contribution < 1.29 is 19.0 Å². The Balaban J connectivity index is 1.73. The van der Waals surface area contributed by atoms with Gasteiger partial charge in [-0.2, -0.15) is 0 Å². The number of hydrogen-bond donors (Lipinski definition) is 0. The topological polar surface area (TPSA) is 44.8 Å². The molecule has 0 amide bonds. The van der Waals surface area contributed by atoms with Crippen LogP contribution < -0.4 is 14.2 Å². The molecule has 3 aromatic carbocycles. The fourth-order valence-electron chi connectivity index (χ4n) is 2.97. The SMILES string of the molecule is COc1cc(OC)c(OC)cc1/C=C/C(=O)c1ccc(/C=C/c2ccc(Cl)cc2)cc1. The van der Waals surface area contributed by atoms with Gasteiger partial charge in [-0.05, 0) is 41.5 Å². The Bertz CT molecular complexity index is 1100. The van der Waals surface area contributed by atoms with Crippen LogP contribution in [-0.4, -0.2) is 27.1 Å². The summed E-state index contributed by atoms with van der Waals surface area (Å²) in [6, 6.07) is 18.5. The van der Waals surface area contributed by atoms with Crippen LogP contribution in [0.3, 0.4) is 0 Å². The first-order valence-corrected chi connectivity index (χ1v) is 9.98. The lowest BCUT2D eigenvalue weighted by Gasteiger charge is -2.12. The van der Waals surface area contributed by atoms with Gasteiger partial charge in [0.25, 0.3) is 0 Å². The second kappa shape index (κ2) is 10.5. The Labute approximate surface area is 187 Å². The minimum atomic E-state index is -0.106. The number of rotatable bonds is 8. The van der Waals surface area contributed by atoms with E-state index < -0.39 is 0 Å². The van der Waals surface area contributed by atoms with Gasteiger partial charge < -0.3 is 14.2 Å². The van der Waals surface area contributed by atoms with E-state index in [0.29, 0.717) is 27.8 Å². The highest BCUT2D eigenvalue weighted by Crippen LogP contribution is 2.35.